The van der Waals surface area contributed by atoms with Gasteiger partial charge in [0.25, 0.3) is 0 Å². The van der Waals surface area contributed by atoms with Gasteiger partial charge in [-0.25, -0.2) is 0 Å². The zero-order chi connectivity index (χ0) is 51.5. The van der Waals surface area contributed by atoms with Gasteiger partial charge in [0.1, 0.15) is 12.4 Å². The molecule has 5 aliphatic carbocycles. The number of methoxy groups -OCH3 is 1. The Balaban J connectivity index is 1.18. The van der Waals surface area contributed by atoms with Crippen molar-refractivity contribution in [2.45, 2.75) is 152 Å². The number of benzene rings is 1. The van der Waals surface area contributed by atoms with Crippen LogP contribution in [-0.4, -0.2) is 139 Å². The average molecular weight is 998 g/mol. The Bertz CT molecular complexity index is 2130. The van der Waals surface area contributed by atoms with Crippen molar-refractivity contribution in [1.82, 2.24) is 16.0 Å². The zero-order valence-electron chi connectivity index (χ0n) is 44.1. The largest absolute Gasteiger partial charge is 0.396 e. The second kappa shape index (κ2) is 25.6. The molecule has 0 radical (unpaired) electrons. The number of hydrogen-bond donors (Lipinski definition) is 9. The maximum Gasteiger partial charge on any atom is 0.146 e. The number of hydrogen-bond acceptors (Lipinski definition) is 12. The molecule has 9 N–H and O–H groups in total. The van der Waals surface area contributed by atoms with Gasteiger partial charge in [0.2, 0.25) is 0 Å². The minimum absolute atomic E-state index is 0.0481. The molecule has 0 aromatic heterocycles. The average Bonchev–Trinajstić information content (AvgIpc) is 3.72. The van der Waals surface area contributed by atoms with Gasteiger partial charge in [0.05, 0.1) is 37.6 Å². The standard InChI is InChI=1S/C60H91N3O9/c1-41-17-18-47(31-44-11-7-12-45(30-44)33-58(63-34-41,26-29-71-5)50-15-8-16-51(32-50)62-35-43(3)67)42(2)10-6-13-49(38-72-39-52(68)37-66)53-20-24-60(56(53)69)55-46(21-28-64)19-23-57(40-59(60,70)25-27-61-4)22-9-14-48(36-65)54(55)57/h6-7,10-13,17,19,23,30,36,43,46-47,50-53,55-56,61-64,66-70H,2,8-9,14-16,18,20-22,24-29,31-35,37-40H2,1,3-5H3. The normalized spacial score (nSPS) is 35.1. The fourth-order valence-corrected chi connectivity index (χ4v) is 14.8. The lowest BCUT2D eigenvalue weighted by Gasteiger charge is -2.66. The molecule has 6 aliphatic rings. The van der Waals surface area contributed by atoms with Gasteiger partial charge in [-0.2, -0.15) is 0 Å². The van der Waals surface area contributed by atoms with Crippen LogP contribution in [0.15, 0.2) is 95.2 Å². The van der Waals surface area contributed by atoms with Crippen LogP contribution < -0.4 is 16.0 Å². The molecule has 3 fully saturated rings. The third-order valence-electron chi connectivity index (χ3n) is 18.3. The third kappa shape index (κ3) is 12.4. The van der Waals surface area contributed by atoms with E-state index >= 15 is 0 Å². The van der Waals surface area contributed by atoms with Crippen LogP contribution in [0, 0.1) is 40.4 Å². The number of aldehydes is 1. The van der Waals surface area contributed by atoms with Crippen LogP contribution in [0.25, 0.3) is 0 Å². The van der Waals surface area contributed by atoms with Crippen molar-refractivity contribution >= 4 is 6.29 Å². The Labute approximate surface area is 431 Å². The monoisotopic (exact) mass is 998 g/mol. The highest BCUT2D eigenvalue weighted by atomic mass is 16.5. The SMILES string of the molecule is C=C(C=CC=C(COCC(O)CO)C1CCC2(C1O)C1C3=C(C=O)CCCC3(C=CC1CCO)CC2(O)CCNC)C1CC=C(C)CNC(CCOC)(C2CCCC(NCC(C)O)C2)Cc2cccc(c2)C1. The van der Waals surface area contributed by atoms with Crippen LogP contribution in [-0.2, 0) is 27.1 Å². The minimum atomic E-state index is -1.28. The number of aliphatic hydroxyl groups excluding tert-OH is 5. The summed E-state index contributed by atoms with van der Waals surface area (Å²) in [6, 6.07) is 9.44. The topological polar surface area (TPSA) is 193 Å². The van der Waals surface area contributed by atoms with Gasteiger partial charge >= 0.3 is 0 Å². The Morgan fingerprint density at radius 3 is 2.67 bits per heavy atom. The van der Waals surface area contributed by atoms with Crippen molar-refractivity contribution in [3.8, 4) is 0 Å². The second-order valence-electron chi connectivity index (χ2n) is 23.1. The van der Waals surface area contributed by atoms with Crippen molar-refractivity contribution in [3.05, 3.63) is 106 Å². The molecule has 72 heavy (non-hydrogen) atoms. The van der Waals surface area contributed by atoms with E-state index in [0.717, 1.165) is 99.3 Å². The Kier molecular flexibility index (Phi) is 20.1. The molecule has 13 atom stereocenters. The Hall–Kier alpha value is -3.11. The summed E-state index contributed by atoms with van der Waals surface area (Å²) in [6.45, 7) is 10.9. The molecule has 0 amide bonds. The number of carbonyl (C=O) groups excluding carboxylic acids is 1. The summed E-state index contributed by atoms with van der Waals surface area (Å²) in [5.41, 5.74) is 4.57. The first kappa shape index (κ1) is 56.6. The first-order valence-electron chi connectivity index (χ1n) is 27.6. The molecule has 4 bridgehead atoms. The number of allylic oxidation sites excluding steroid dienone is 9. The van der Waals surface area contributed by atoms with E-state index in [0.29, 0.717) is 70.2 Å². The molecule has 13 unspecified atom stereocenters. The quantitative estimate of drug-likeness (QED) is 0.0354. The van der Waals surface area contributed by atoms with Crippen molar-refractivity contribution in [2.75, 3.05) is 66.8 Å². The lowest BCUT2D eigenvalue weighted by molar-refractivity contribution is -0.207. The summed E-state index contributed by atoms with van der Waals surface area (Å²) in [4.78, 5) is 12.9. The lowest BCUT2D eigenvalue weighted by Crippen LogP contribution is -2.67. The van der Waals surface area contributed by atoms with Crippen LogP contribution in [0.1, 0.15) is 115 Å². The van der Waals surface area contributed by atoms with Crippen molar-refractivity contribution < 1.29 is 44.9 Å². The number of ether oxygens (including phenoxy) is 2. The van der Waals surface area contributed by atoms with Gasteiger partial charge in [-0.3, -0.25) is 4.79 Å². The molecule has 12 heteroatoms. The predicted octanol–water partition coefficient (Wildman–Crippen LogP) is 6.39. The summed E-state index contributed by atoms with van der Waals surface area (Å²) in [6.07, 6.45) is 24.1. The maximum atomic E-state index is 13.4. The fourth-order valence-electron chi connectivity index (χ4n) is 14.8. The number of aliphatic hydroxyl groups is 6. The number of carbonyl (C=O) groups is 1. The van der Waals surface area contributed by atoms with Crippen molar-refractivity contribution in [3.63, 3.8) is 0 Å². The molecule has 1 spiro atoms. The van der Waals surface area contributed by atoms with E-state index in [-0.39, 0.29) is 49.2 Å². The highest BCUT2D eigenvalue weighted by Gasteiger charge is 2.71. The van der Waals surface area contributed by atoms with Gasteiger partial charge in [0.15, 0.2) is 0 Å². The molecule has 1 aromatic rings. The first-order chi connectivity index (χ1) is 34.7. The number of nitrogens with one attached hydrogen (secondary N) is 3. The summed E-state index contributed by atoms with van der Waals surface area (Å²) in [7, 11) is 3.67. The van der Waals surface area contributed by atoms with Crippen molar-refractivity contribution in [2.24, 2.45) is 40.4 Å². The summed E-state index contributed by atoms with van der Waals surface area (Å²) in [5.74, 6) is -0.367. The van der Waals surface area contributed by atoms with Crippen LogP contribution >= 0.6 is 0 Å². The van der Waals surface area contributed by atoms with Gasteiger partial charge in [-0.1, -0.05) is 84.9 Å². The van der Waals surface area contributed by atoms with Gasteiger partial charge in [-0.15, -0.1) is 0 Å². The number of fused-ring (bicyclic) bond motifs is 3. The van der Waals surface area contributed by atoms with E-state index in [9.17, 15) is 35.4 Å². The molecular weight excluding hydrogens is 907 g/mol. The molecule has 1 aliphatic heterocycles. The molecule has 400 valence electrons. The summed E-state index contributed by atoms with van der Waals surface area (Å²) >= 11 is 0. The highest BCUT2D eigenvalue weighted by molar-refractivity contribution is 5.77. The molecule has 3 saturated carbocycles. The summed E-state index contributed by atoms with van der Waals surface area (Å²) < 4.78 is 11.9. The maximum absolute atomic E-state index is 13.4. The molecule has 12 nitrogen and oxygen atoms in total. The van der Waals surface area contributed by atoms with E-state index in [1.165, 1.54) is 16.7 Å². The second-order valence-corrected chi connectivity index (χ2v) is 23.1. The molecule has 1 heterocycles. The van der Waals surface area contributed by atoms with E-state index in [2.05, 4.69) is 78.0 Å². The fraction of sp³-hybridized carbons (Fsp3) is 0.683. The van der Waals surface area contributed by atoms with Gasteiger partial charge in [-0.05, 0) is 175 Å². The van der Waals surface area contributed by atoms with Gasteiger partial charge in [0, 0.05) is 61.7 Å². The van der Waals surface area contributed by atoms with Crippen molar-refractivity contribution in [1.29, 1.82) is 0 Å². The van der Waals surface area contributed by atoms with E-state index < -0.39 is 41.2 Å². The third-order valence-corrected chi connectivity index (χ3v) is 18.3. The Morgan fingerprint density at radius 1 is 1.10 bits per heavy atom. The Morgan fingerprint density at radius 2 is 1.92 bits per heavy atom. The van der Waals surface area contributed by atoms with Crippen LogP contribution in [0.3, 0.4) is 0 Å². The van der Waals surface area contributed by atoms with E-state index in [1.807, 2.05) is 26.1 Å². The number of rotatable bonds is 22. The zero-order valence-corrected chi connectivity index (χ0v) is 44.1. The smallest absolute Gasteiger partial charge is 0.146 e. The summed E-state index contributed by atoms with van der Waals surface area (Å²) in [5, 5.41) is 78.1. The van der Waals surface area contributed by atoms with Crippen LogP contribution in [0.5, 0.6) is 0 Å². The first-order valence-corrected chi connectivity index (χ1v) is 27.6. The molecule has 1 aromatic carbocycles. The molecule has 0 saturated heterocycles. The van der Waals surface area contributed by atoms with E-state index in [1.54, 1.807) is 7.11 Å². The highest BCUT2D eigenvalue weighted by Crippen LogP contribution is 2.72. The molecule has 7 rings (SSSR count). The van der Waals surface area contributed by atoms with Crippen LogP contribution in [0.4, 0.5) is 0 Å². The lowest BCUT2D eigenvalue weighted by atomic mass is 9.40. The van der Waals surface area contributed by atoms with Gasteiger partial charge < -0.3 is 56.1 Å². The minimum Gasteiger partial charge on any atom is -0.396 e. The predicted molar refractivity (Wildman–Crippen MR) is 285 cm³/mol. The van der Waals surface area contributed by atoms with Crippen LogP contribution in [0.2, 0.25) is 0 Å². The molecular formula is C60H91N3O9. The van der Waals surface area contributed by atoms with E-state index in [4.69, 9.17) is 9.47 Å².